The number of amides is 2. The minimum Gasteiger partial charge on any atom is -0.497 e. The van der Waals surface area contributed by atoms with Crippen LogP contribution in [0.1, 0.15) is 53.4 Å². The van der Waals surface area contributed by atoms with Gasteiger partial charge in [-0.15, -0.1) is 0 Å². The van der Waals surface area contributed by atoms with Gasteiger partial charge in [0.1, 0.15) is 11.8 Å². The number of methoxy groups -OCH3 is 4. The number of hydrogen-bond donors (Lipinski definition) is 1. The zero-order valence-corrected chi connectivity index (χ0v) is 22.2. The molecule has 0 aliphatic heterocycles. The first-order valence-corrected chi connectivity index (χ1v) is 12.6. The van der Waals surface area contributed by atoms with E-state index >= 15 is 0 Å². The Bertz CT molecular complexity index is 1190. The van der Waals surface area contributed by atoms with E-state index in [1.165, 1.54) is 32.5 Å². The number of hydrogen-bond acceptors (Lipinski definition) is 7. The summed E-state index contributed by atoms with van der Waals surface area (Å²) >= 11 is 0. The van der Waals surface area contributed by atoms with E-state index in [0.29, 0.717) is 28.6 Å². The van der Waals surface area contributed by atoms with Crippen molar-refractivity contribution in [2.45, 2.75) is 44.3 Å². The second kappa shape index (κ2) is 12.4. The largest absolute Gasteiger partial charge is 0.497 e. The number of ether oxygens (including phenoxy) is 4. The first-order chi connectivity index (χ1) is 18.5. The van der Waals surface area contributed by atoms with E-state index in [2.05, 4.69) is 5.32 Å². The molecule has 0 saturated heterocycles. The van der Waals surface area contributed by atoms with Crippen LogP contribution in [-0.4, -0.2) is 51.2 Å². The summed E-state index contributed by atoms with van der Waals surface area (Å²) < 4.78 is 27.4. The monoisotopic (exact) mass is 522 g/mol. The molecule has 1 aliphatic rings. The molecule has 2 aromatic carbocycles. The van der Waals surface area contributed by atoms with E-state index in [-0.39, 0.29) is 24.3 Å². The van der Waals surface area contributed by atoms with Crippen LogP contribution in [0.15, 0.2) is 59.2 Å². The van der Waals surface area contributed by atoms with Crippen LogP contribution in [0.5, 0.6) is 23.0 Å². The molecule has 2 amide bonds. The van der Waals surface area contributed by atoms with Crippen LogP contribution in [0.2, 0.25) is 0 Å². The lowest BCUT2D eigenvalue weighted by molar-refractivity contribution is -0.126. The Labute approximate surface area is 222 Å². The Morgan fingerprint density at radius 3 is 2.13 bits per heavy atom. The van der Waals surface area contributed by atoms with Crippen LogP contribution in [0.25, 0.3) is 0 Å². The number of nitrogens with zero attached hydrogens (tertiary/aromatic N) is 1. The van der Waals surface area contributed by atoms with E-state index in [1.54, 1.807) is 31.4 Å². The predicted molar refractivity (Wildman–Crippen MR) is 141 cm³/mol. The lowest BCUT2D eigenvalue weighted by atomic mass is 10.0. The number of carbonyl (C=O) groups excluding carboxylic acids is 2. The molecule has 1 saturated carbocycles. The second-order valence-electron chi connectivity index (χ2n) is 9.11. The highest BCUT2D eigenvalue weighted by Gasteiger charge is 2.36. The van der Waals surface area contributed by atoms with Crippen molar-refractivity contribution >= 4 is 11.8 Å². The normalized spacial score (nSPS) is 14.0. The average molecular weight is 523 g/mol. The summed E-state index contributed by atoms with van der Waals surface area (Å²) in [5.74, 6) is 1.27. The Morgan fingerprint density at radius 2 is 1.61 bits per heavy atom. The number of furan rings is 1. The van der Waals surface area contributed by atoms with Gasteiger partial charge in [-0.25, -0.2) is 0 Å². The van der Waals surface area contributed by atoms with Crippen molar-refractivity contribution in [1.82, 2.24) is 10.2 Å². The maximum Gasteiger partial charge on any atom is 0.290 e. The van der Waals surface area contributed by atoms with Gasteiger partial charge in [-0.3, -0.25) is 9.59 Å². The third-order valence-corrected chi connectivity index (χ3v) is 6.77. The van der Waals surface area contributed by atoms with E-state index in [4.69, 9.17) is 23.4 Å². The van der Waals surface area contributed by atoms with Gasteiger partial charge < -0.3 is 33.6 Å². The van der Waals surface area contributed by atoms with Gasteiger partial charge in [0.15, 0.2) is 17.3 Å². The summed E-state index contributed by atoms with van der Waals surface area (Å²) in [5, 5.41) is 3.17. The quantitative estimate of drug-likeness (QED) is 0.388. The first kappa shape index (κ1) is 26.9. The van der Waals surface area contributed by atoms with Crippen LogP contribution in [-0.2, 0) is 11.3 Å². The average Bonchev–Trinajstić information content (AvgIpc) is 3.67. The van der Waals surface area contributed by atoms with Crippen molar-refractivity contribution in [2.75, 3.05) is 28.4 Å². The number of nitrogens with one attached hydrogen (secondary N) is 1. The van der Waals surface area contributed by atoms with Gasteiger partial charge in [0.25, 0.3) is 5.91 Å². The molecule has 1 heterocycles. The predicted octanol–water partition coefficient (Wildman–Crippen LogP) is 4.76. The number of benzene rings is 2. The molecule has 9 nitrogen and oxygen atoms in total. The van der Waals surface area contributed by atoms with E-state index in [9.17, 15) is 9.59 Å². The molecule has 1 atom stereocenters. The van der Waals surface area contributed by atoms with Crippen molar-refractivity contribution in [3.8, 4) is 23.0 Å². The van der Waals surface area contributed by atoms with Crippen molar-refractivity contribution < 1.29 is 33.0 Å². The molecule has 1 aromatic heterocycles. The standard InChI is InChI=1S/C29H34N2O7/c1-34-22-13-11-19(12-14-22)18-31(29(33)23-10-7-15-38-23)26(28(32)30-21-8-5-6-9-21)20-16-24(35-2)27(37-4)25(17-20)36-3/h7,10-17,21,26H,5-6,8-9,18H2,1-4H3,(H,30,32)/t26-/m1/s1. The highest BCUT2D eigenvalue weighted by atomic mass is 16.5. The smallest absolute Gasteiger partial charge is 0.290 e. The van der Waals surface area contributed by atoms with Gasteiger partial charge in [0.05, 0.1) is 34.7 Å². The van der Waals surface area contributed by atoms with Crippen molar-refractivity contribution in [1.29, 1.82) is 0 Å². The molecule has 0 spiro atoms. The zero-order chi connectivity index (χ0) is 27.1. The second-order valence-corrected chi connectivity index (χ2v) is 9.11. The molecule has 1 fully saturated rings. The Hall–Kier alpha value is -4.14. The lowest BCUT2D eigenvalue weighted by Crippen LogP contribution is -2.45. The summed E-state index contributed by atoms with van der Waals surface area (Å²) in [6, 6.07) is 13.0. The van der Waals surface area contributed by atoms with Gasteiger partial charge in [0, 0.05) is 12.6 Å². The molecule has 38 heavy (non-hydrogen) atoms. The van der Waals surface area contributed by atoms with Crippen molar-refractivity contribution in [3.63, 3.8) is 0 Å². The van der Waals surface area contributed by atoms with Crippen LogP contribution < -0.4 is 24.3 Å². The van der Waals surface area contributed by atoms with E-state index in [1.807, 2.05) is 24.3 Å². The summed E-state index contributed by atoms with van der Waals surface area (Å²) in [4.78, 5) is 29.4. The van der Waals surface area contributed by atoms with Gasteiger partial charge in [-0.2, -0.15) is 0 Å². The molecule has 0 unspecified atom stereocenters. The molecule has 0 bridgehead atoms. The van der Waals surface area contributed by atoms with Gasteiger partial charge in [-0.1, -0.05) is 25.0 Å². The molecule has 202 valence electrons. The molecular weight excluding hydrogens is 488 g/mol. The molecule has 0 radical (unpaired) electrons. The fourth-order valence-corrected chi connectivity index (χ4v) is 4.83. The fraction of sp³-hybridized carbons (Fsp3) is 0.379. The number of rotatable bonds is 11. The fourth-order valence-electron chi connectivity index (χ4n) is 4.83. The Morgan fingerprint density at radius 1 is 0.947 bits per heavy atom. The van der Waals surface area contributed by atoms with E-state index < -0.39 is 11.9 Å². The first-order valence-electron chi connectivity index (χ1n) is 12.6. The summed E-state index contributed by atoms with van der Waals surface area (Å²) in [6.07, 6.45) is 5.35. The molecule has 3 aromatic rings. The highest BCUT2D eigenvalue weighted by Crippen LogP contribution is 2.41. The molecule has 9 heteroatoms. The van der Waals surface area contributed by atoms with Crippen molar-refractivity contribution in [2.24, 2.45) is 0 Å². The molecule has 4 rings (SSSR count). The van der Waals surface area contributed by atoms with Crippen LogP contribution in [0.3, 0.4) is 0 Å². The van der Waals surface area contributed by atoms with Gasteiger partial charge in [-0.05, 0) is 60.4 Å². The summed E-state index contributed by atoms with van der Waals surface area (Å²) in [5.41, 5.74) is 1.33. The van der Waals surface area contributed by atoms with Crippen molar-refractivity contribution in [3.05, 3.63) is 71.7 Å². The van der Waals surface area contributed by atoms with Crippen LogP contribution >= 0.6 is 0 Å². The summed E-state index contributed by atoms with van der Waals surface area (Å²) in [7, 11) is 6.13. The van der Waals surface area contributed by atoms with Gasteiger partial charge in [0.2, 0.25) is 11.7 Å². The molecule has 1 N–H and O–H groups in total. The van der Waals surface area contributed by atoms with Gasteiger partial charge >= 0.3 is 0 Å². The number of carbonyl (C=O) groups is 2. The van der Waals surface area contributed by atoms with Crippen LogP contribution in [0.4, 0.5) is 0 Å². The Kier molecular flexibility index (Phi) is 8.78. The van der Waals surface area contributed by atoms with E-state index in [0.717, 1.165) is 31.2 Å². The van der Waals surface area contributed by atoms with Crippen LogP contribution in [0, 0.1) is 0 Å². The SMILES string of the molecule is COc1ccc(CN(C(=O)c2ccco2)[C@@H](C(=O)NC2CCCC2)c2cc(OC)c(OC)c(OC)c2)cc1. The topological polar surface area (TPSA) is 99.5 Å². The third kappa shape index (κ3) is 5.88. The highest BCUT2D eigenvalue weighted by molar-refractivity contribution is 5.96. The molecule has 1 aliphatic carbocycles. The third-order valence-electron chi connectivity index (χ3n) is 6.77. The molecular formula is C29H34N2O7. The Balaban J connectivity index is 1.83. The minimum absolute atomic E-state index is 0.0496. The summed E-state index contributed by atoms with van der Waals surface area (Å²) in [6.45, 7) is 0.142. The lowest BCUT2D eigenvalue weighted by Gasteiger charge is -2.32. The maximum absolute atomic E-state index is 14.0. The zero-order valence-electron chi connectivity index (χ0n) is 22.2. The maximum atomic E-state index is 14.0. The minimum atomic E-state index is -1.01.